The second-order valence-corrected chi connectivity index (χ2v) is 9.23. The molecule has 0 bridgehead atoms. The number of morpholine rings is 1. The first-order valence-corrected chi connectivity index (χ1v) is 11.1. The van der Waals surface area contributed by atoms with E-state index in [4.69, 9.17) is 4.74 Å². The molecule has 0 spiro atoms. The van der Waals surface area contributed by atoms with Gasteiger partial charge in [0, 0.05) is 26.2 Å². The zero-order valence-corrected chi connectivity index (χ0v) is 16.8. The number of carbonyl (C=O) groups is 1. The fourth-order valence-electron chi connectivity index (χ4n) is 3.67. The molecule has 150 valence electrons. The maximum Gasteiger partial charge on any atom is 0.242 e. The highest BCUT2D eigenvalue weighted by Gasteiger charge is 2.34. The third-order valence-electron chi connectivity index (χ3n) is 5.31. The first-order valence-electron chi connectivity index (χ1n) is 9.57. The molecule has 2 aliphatic rings. The number of hydrogen-bond donors (Lipinski definition) is 2. The van der Waals surface area contributed by atoms with Crippen molar-refractivity contribution in [2.45, 2.75) is 43.7 Å². The van der Waals surface area contributed by atoms with Crippen molar-refractivity contribution in [1.82, 2.24) is 14.9 Å². The maximum atomic E-state index is 12.8. The van der Waals surface area contributed by atoms with Gasteiger partial charge >= 0.3 is 0 Å². The number of piperidine rings is 1. The number of benzene rings is 1. The van der Waals surface area contributed by atoms with E-state index < -0.39 is 10.0 Å². The molecule has 3 rings (SSSR count). The molecule has 2 heterocycles. The zero-order valence-electron chi connectivity index (χ0n) is 16.0. The van der Waals surface area contributed by atoms with Gasteiger partial charge < -0.3 is 15.0 Å². The number of carbonyl (C=O) groups excluding carboxylic acids is 1. The summed E-state index contributed by atoms with van der Waals surface area (Å²) in [4.78, 5) is 14.9. The van der Waals surface area contributed by atoms with Crippen LogP contribution in [0.4, 0.5) is 0 Å². The monoisotopic (exact) mass is 395 g/mol. The Balaban J connectivity index is 1.56. The lowest BCUT2D eigenvalue weighted by Gasteiger charge is -2.38. The number of aryl methyl sites for hydroxylation is 1. The predicted molar refractivity (Wildman–Crippen MR) is 103 cm³/mol. The van der Waals surface area contributed by atoms with Crippen LogP contribution in [0.3, 0.4) is 0 Å². The highest BCUT2D eigenvalue weighted by molar-refractivity contribution is 7.89. The Morgan fingerprint density at radius 3 is 2.78 bits per heavy atom. The van der Waals surface area contributed by atoms with Gasteiger partial charge in [0.25, 0.3) is 0 Å². The lowest BCUT2D eigenvalue weighted by molar-refractivity contribution is -0.141. The molecule has 0 radical (unpaired) electrons. The van der Waals surface area contributed by atoms with Crippen molar-refractivity contribution in [2.24, 2.45) is 5.92 Å². The summed E-state index contributed by atoms with van der Waals surface area (Å²) in [5.41, 5.74) is 1.02. The van der Waals surface area contributed by atoms with Crippen molar-refractivity contribution in [2.75, 3.05) is 32.8 Å². The molecule has 2 aliphatic heterocycles. The molecule has 1 amide bonds. The third kappa shape index (κ3) is 5.07. The average molecular weight is 396 g/mol. The number of nitrogens with one attached hydrogen (secondary N) is 2. The third-order valence-corrected chi connectivity index (χ3v) is 6.75. The van der Waals surface area contributed by atoms with E-state index in [9.17, 15) is 13.2 Å². The highest BCUT2D eigenvalue weighted by Crippen LogP contribution is 2.19. The number of hydrogen-bond acceptors (Lipinski definition) is 5. The van der Waals surface area contributed by atoms with Crippen LogP contribution in [0, 0.1) is 12.8 Å². The number of nitrogens with zero attached hydrogens (tertiary/aromatic N) is 1. The molecule has 1 aromatic rings. The number of amides is 1. The van der Waals surface area contributed by atoms with Gasteiger partial charge in [0.05, 0.1) is 17.6 Å². The summed E-state index contributed by atoms with van der Waals surface area (Å²) in [5, 5.41) is 3.24. The molecule has 0 saturated carbocycles. The Labute approximate surface area is 161 Å². The van der Waals surface area contributed by atoms with Crippen LogP contribution in [-0.2, 0) is 19.6 Å². The molecule has 27 heavy (non-hydrogen) atoms. The van der Waals surface area contributed by atoms with Crippen LogP contribution in [0.5, 0.6) is 0 Å². The standard InChI is InChI=1S/C19H29N3O4S/c1-14-5-7-17(8-6-14)27(24,25)21-12-16-4-3-10-22(13-16)19(23)18-15(2)26-11-9-20-18/h5-8,15-16,18,20-21H,3-4,9-13H2,1-2H3/t15-,16?,18+/m1/s1. The average Bonchev–Trinajstić information content (AvgIpc) is 2.67. The van der Waals surface area contributed by atoms with E-state index in [1.807, 2.05) is 18.7 Å². The topological polar surface area (TPSA) is 87.7 Å². The van der Waals surface area contributed by atoms with E-state index in [0.29, 0.717) is 32.8 Å². The molecular weight excluding hydrogens is 366 g/mol. The summed E-state index contributed by atoms with van der Waals surface area (Å²) in [6.45, 7) is 6.74. The van der Waals surface area contributed by atoms with Crippen LogP contribution in [0.2, 0.25) is 0 Å². The van der Waals surface area contributed by atoms with Gasteiger partial charge in [-0.05, 0) is 44.7 Å². The van der Waals surface area contributed by atoms with Crippen LogP contribution < -0.4 is 10.0 Å². The van der Waals surface area contributed by atoms with Crippen molar-refractivity contribution < 1.29 is 17.9 Å². The van der Waals surface area contributed by atoms with Gasteiger partial charge in [0.15, 0.2) is 0 Å². The minimum absolute atomic E-state index is 0.0493. The molecular formula is C19H29N3O4S. The van der Waals surface area contributed by atoms with Gasteiger partial charge in [-0.3, -0.25) is 4.79 Å². The molecule has 7 nitrogen and oxygen atoms in total. The minimum atomic E-state index is -3.53. The SMILES string of the molecule is Cc1ccc(S(=O)(=O)NCC2CCCN(C(=O)[C@H]3NCCO[C@@H]3C)C2)cc1. The van der Waals surface area contributed by atoms with E-state index >= 15 is 0 Å². The lowest BCUT2D eigenvalue weighted by Crippen LogP contribution is -2.58. The fourth-order valence-corrected chi connectivity index (χ4v) is 4.78. The Kier molecular flexibility index (Phi) is 6.52. The first-order chi connectivity index (χ1) is 12.9. The van der Waals surface area contributed by atoms with Crippen LogP contribution in [0.15, 0.2) is 29.2 Å². The Hall–Kier alpha value is -1.48. The van der Waals surface area contributed by atoms with Gasteiger partial charge in [-0.2, -0.15) is 0 Å². The molecule has 0 aliphatic carbocycles. The molecule has 1 aromatic carbocycles. The van der Waals surface area contributed by atoms with Crippen molar-refractivity contribution in [3.63, 3.8) is 0 Å². The second-order valence-electron chi connectivity index (χ2n) is 7.47. The van der Waals surface area contributed by atoms with E-state index in [1.54, 1.807) is 24.3 Å². The molecule has 2 fully saturated rings. The van der Waals surface area contributed by atoms with Crippen LogP contribution in [0.25, 0.3) is 0 Å². The Morgan fingerprint density at radius 2 is 2.07 bits per heavy atom. The Morgan fingerprint density at radius 1 is 1.33 bits per heavy atom. The number of likely N-dealkylation sites (tertiary alicyclic amines) is 1. The largest absolute Gasteiger partial charge is 0.375 e. The summed E-state index contributed by atoms with van der Waals surface area (Å²) in [7, 11) is -3.53. The lowest BCUT2D eigenvalue weighted by atomic mass is 9.97. The minimum Gasteiger partial charge on any atom is -0.375 e. The van der Waals surface area contributed by atoms with E-state index in [0.717, 1.165) is 18.4 Å². The Bertz CT molecular complexity index is 751. The van der Waals surface area contributed by atoms with Gasteiger partial charge in [-0.15, -0.1) is 0 Å². The van der Waals surface area contributed by atoms with Crippen molar-refractivity contribution >= 4 is 15.9 Å². The van der Waals surface area contributed by atoms with Crippen LogP contribution in [-0.4, -0.2) is 64.2 Å². The van der Waals surface area contributed by atoms with E-state index in [-0.39, 0.29) is 28.9 Å². The van der Waals surface area contributed by atoms with E-state index in [2.05, 4.69) is 10.0 Å². The quantitative estimate of drug-likeness (QED) is 0.773. The van der Waals surface area contributed by atoms with Crippen LogP contribution in [0.1, 0.15) is 25.3 Å². The van der Waals surface area contributed by atoms with Crippen molar-refractivity contribution in [3.05, 3.63) is 29.8 Å². The molecule has 0 aromatic heterocycles. The van der Waals surface area contributed by atoms with Gasteiger partial charge in [0.1, 0.15) is 6.04 Å². The number of rotatable bonds is 5. The van der Waals surface area contributed by atoms with Gasteiger partial charge in [-0.25, -0.2) is 13.1 Å². The van der Waals surface area contributed by atoms with E-state index in [1.165, 1.54) is 0 Å². The fraction of sp³-hybridized carbons (Fsp3) is 0.632. The molecule has 8 heteroatoms. The summed E-state index contributed by atoms with van der Waals surface area (Å²) < 4.78 is 33.2. The summed E-state index contributed by atoms with van der Waals surface area (Å²) in [6.07, 6.45) is 1.64. The molecule has 2 N–H and O–H groups in total. The number of sulfonamides is 1. The summed E-state index contributed by atoms with van der Waals surface area (Å²) >= 11 is 0. The zero-order chi connectivity index (χ0) is 19.4. The van der Waals surface area contributed by atoms with Gasteiger partial charge in [-0.1, -0.05) is 17.7 Å². The first kappa shape index (κ1) is 20.3. The summed E-state index contributed by atoms with van der Waals surface area (Å²) in [5.74, 6) is 0.163. The molecule has 2 saturated heterocycles. The smallest absolute Gasteiger partial charge is 0.242 e. The normalized spacial score (nSPS) is 26.7. The van der Waals surface area contributed by atoms with Crippen molar-refractivity contribution in [1.29, 1.82) is 0 Å². The molecule has 3 atom stereocenters. The number of ether oxygens (including phenoxy) is 1. The van der Waals surface area contributed by atoms with Crippen molar-refractivity contribution in [3.8, 4) is 0 Å². The van der Waals surface area contributed by atoms with Crippen LogP contribution >= 0.6 is 0 Å². The molecule has 1 unspecified atom stereocenters. The highest BCUT2D eigenvalue weighted by atomic mass is 32.2. The predicted octanol–water partition coefficient (Wildman–Crippen LogP) is 0.889. The van der Waals surface area contributed by atoms with Gasteiger partial charge in [0.2, 0.25) is 15.9 Å². The second kappa shape index (κ2) is 8.68. The maximum absolute atomic E-state index is 12.8. The summed E-state index contributed by atoms with van der Waals surface area (Å²) in [6, 6.07) is 6.49.